The van der Waals surface area contributed by atoms with E-state index >= 15 is 0 Å². The Hall–Kier alpha value is -6.77. The van der Waals surface area contributed by atoms with Crippen molar-refractivity contribution in [3.8, 4) is 0 Å². The summed E-state index contributed by atoms with van der Waals surface area (Å²) in [6.45, 7) is 2.53. The molecule has 0 saturated heterocycles. The third-order valence-electron chi connectivity index (χ3n) is 11.5. The maximum absolute atomic E-state index is 14.2. The molecule has 0 N–H and O–H groups in total. The van der Waals surface area contributed by atoms with Gasteiger partial charge in [0.1, 0.15) is 11.8 Å². The van der Waals surface area contributed by atoms with Gasteiger partial charge >= 0.3 is 49.4 Å². The van der Waals surface area contributed by atoms with E-state index in [1.165, 1.54) is 0 Å². The number of halogens is 24. The highest BCUT2D eigenvalue weighted by Gasteiger charge is 2.47. The van der Waals surface area contributed by atoms with Crippen LogP contribution in [-0.4, -0.2) is 16.9 Å². The molecule has 0 aliphatic rings. The number of aryl methyl sites for hydroxylation is 1. The quantitative estimate of drug-likeness (QED) is 0.0593. The maximum Gasteiger partial charge on any atom is 0.416 e. The molecule has 0 bridgehead atoms. The standard InChI is InChI=1S/C32H12BF24.C16H19N2O/c34-25(35,36)13-1-14(26(37,38)39)6-21(5-13)33(22-7-15(27(40,41)42)2-16(8-22)28(43,44)45,23-9-17(29(46,47)48)3-18(10-23)30(49,50)51)24-11-19(31(52,53)54)4-20(12-24)32(55,56)57;1-2-3-9-15-12-18(11-10-17-15)13-16(19)14-7-5-4-6-8-14/h1-12H;4-8,10-12H,2-3,9,13H2,1H3/q-1;+1. The van der Waals surface area contributed by atoms with Gasteiger partial charge in [-0.1, -0.05) is 92.2 Å². The van der Waals surface area contributed by atoms with Crippen molar-refractivity contribution in [1.82, 2.24) is 4.98 Å². The van der Waals surface area contributed by atoms with Crippen molar-refractivity contribution in [3.63, 3.8) is 0 Å². The first kappa shape index (κ1) is 60.1. The summed E-state index contributed by atoms with van der Waals surface area (Å²) < 4.78 is 343. The van der Waals surface area contributed by atoms with Crippen LogP contribution in [0.3, 0.4) is 0 Å². The van der Waals surface area contributed by atoms with Crippen molar-refractivity contribution in [1.29, 1.82) is 0 Å². The monoisotopic (exact) mass is 1120 g/mol. The van der Waals surface area contributed by atoms with Crippen LogP contribution in [0.1, 0.15) is 80.3 Å². The molecule has 410 valence electrons. The minimum Gasteiger partial charge on any atom is -0.287 e. The average molecular weight is 1120 g/mol. The van der Waals surface area contributed by atoms with Crippen molar-refractivity contribution in [2.75, 3.05) is 0 Å². The van der Waals surface area contributed by atoms with Gasteiger partial charge in [-0.05, 0) is 37.1 Å². The number of alkyl halides is 24. The topological polar surface area (TPSA) is 33.8 Å². The van der Waals surface area contributed by atoms with Gasteiger partial charge in [0, 0.05) is 5.56 Å². The van der Waals surface area contributed by atoms with E-state index in [0.29, 0.717) is 6.54 Å². The van der Waals surface area contributed by atoms with E-state index in [1.54, 1.807) is 6.20 Å². The summed E-state index contributed by atoms with van der Waals surface area (Å²) >= 11 is 0. The van der Waals surface area contributed by atoms with Crippen LogP contribution in [0.5, 0.6) is 0 Å². The normalized spacial score (nSPS) is 13.3. The lowest BCUT2D eigenvalue weighted by Crippen LogP contribution is -2.75. The van der Waals surface area contributed by atoms with Gasteiger partial charge < -0.3 is 0 Å². The Kier molecular flexibility index (Phi) is 16.9. The lowest BCUT2D eigenvalue weighted by molar-refractivity contribution is -0.684. The molecule has 5 aromatic carbocycles. The zero-order valence-electron chi connectivity index (χ0n) is 37.8. The number of unbranched alkanes of at least 4 members (excludes halogenated alkanes) is 1. The van der Waals surface area contributed by atoms with Crippen LogP contribution in [0.2, 0.25) is 0 Å². The zero-order chi connectivity index (χ0) is 57.4. The second kappa shape index (κ2) is 21.3. The van der Waals surface area contributed by atoms with Gasteiger partial charge in [0.2, 0.25) is 12.3 Å². The van der Waals surface area contributed by atoms with Gasteiger partial charge in [-0.3, -0.25) is 4.79 Å². The molecule has 6 aromatic rings. The maximum atomic E-state index is 14.2. The third-order valence-corrected chi connectivity index (χ3v) is 11.5. The molecule has 0 unspecified atom stereocenters. The van der Waals surface area contributed by atoms with Gasteiger partial charge in [0.25, 0.3) is 0 Å². The molecule has 0 spiro atoms. The minimum atomic E-state index is -6.13. The molecule has 76 heavy (non-hydrogen) atoms. The molecule has 28 heteroatoms. The fraction of sp³-hybridized carbons (Fsp3) is 0.271. The number of hydrogen-bond acceptors (Lipinski definition) is 2. The predicted octanol–water partition coefficient (Wildman–Crippen LogP) is 13.8. The molecule has 0 fully saturated rings. The number of aromatic nitrogens is 2. The molecule has 0 radical (unpaired) electrons. The van der Waals surface area contributed by atoms with Gasteiger partial charge in [-0.15, -0.1) is 0 Å². The molecule has 0 aliphatic heterocycles. The van der Waals surface area contributed by atoms with E-state index in [2.05, 4.69) is 11.9 Å². The molecule has 0 amide bonds. The Morgan fingerprint density at radius 2 is 0.711 bits per heavy atom. The predicted molar refractivity (Wildman–Crippen MR) is 224 cm³/mol. The molecular formula is C48H31BF24N2O. The van der Waals surface area contributed by atoms with E-state index in [9.17, 15) is 110 Å². The van der Waals surface area contributed by atoms with Crippen LogP contribution in [0.25, 0.3) is 0 Å². The second-order valence-corrected chi connectivity index (χ2v) is 16.8. The number of benzene rings is 5. The summed E-state index contributed by atoms with van der Waals surface area (Å²) in [7, 11) is 0. The van der Waals surface area contributed by atoms with Crippen molar-refractivity contribution >= 4 is 33.8 Å². The second-order valence-electron chi connectivity index (χ2n) is 16.8. The first-order chi connectivity index (χ1) is 34.6. The molecule has 0 aliphatic carbocycles. The van der Waals surface area contributed by atoms with Crippen LogP contribution in [0.4, 0.5) is 105 Å². The zero-order valence-corrected chi connectivity index (χ0v) is 37.8. The SMILES string of the molecule is CCCCc1c[n+](CC(=O)c2ccccc2)ccn1.FC(F)(F)c1cc([B-](c2cc(C(F)(F)F)cc(C(F)(F)F)c2)(c2cc(C(F)(F)F)cc(C(F)(F)F)c2)c2cc(C(F)(F)F)cc(C(F)(F)F)c2)cc(C(F)(F)F)c1. The largest absolute Gasteiger partial charge is 0.416 e. The Morgan fingerprint density at radius 1 is 0.434 bits per heavy atom. The number of rotatable bonds is 10. The summed E-state index contributed by atoms with van der Waals surface area (Å²) in [6, 6.07) is 0.576. The van der Waals surface area contributed by atoms with E-state index in [0.717, 1.165) is 30.5 Å². The lowest BCUT2D eigenvalue weighted by atomic mass is 9.12. The van der Waals surface area contributed by atoms with Crippen LogP contribution < -0.4 is 26.4 Å². The summed E-state index contributed by atoms with van der Waals surface area (Å²) in [5.74, 6) is 0.123. The highest BCUT2D eigenvalue weighted by molar-refractivity contribution is 7.20. The van der Waals surface area contributed by atoms with Crippen molar-refractivity contribution < 1.29 is 115 Å². The van der Waals surface area contributed by atoms with Gasteiger partial charge in [0.15, 0.2) is 12.4 Å². The Bertz CT molecular complexity index is 2580. The first-order valence-corrected chi connectivity index (χ1v) is 21.3. The number of carbonyl (C=O) groups excluding carboxylic acids is 1. The fourth-order valence-corrected chi connectivity index (χ4v) is 8.02. The number of carbonyl (C=O) groups is 1. The Balaban J connectivity index is 0.000000468. The molecule has 1 aromatic heterocycles. The van der Waals surface area contributed by atoms with Crippen LogP contribution in [0, 0.1) is 0 Å². The minimum absolute atomic E-state index is 0.123. The molecule has 0 atom stereocenters. The fourth-order valence-electron chi connectivity index (χ4n) is 8.02. The smallest absolute Gasteiger partial charge is 0.287 e. The Labute approximate surface area is 412 Å². The van der Waals surface area contributed by atoms with Gasteiger partial charge in [-0.25, -0.2) is 4.98 Å². The Morgan fingerprint density at radius 3 is 0.961 bits per heavy atom. The van der Waals surface area contributed by atoms with Crippen LogP contribution in [-0.2, 0) is 62.4 Å². The number of nitrogens with zero attached hydrogens (tertiary/aromatic N) is 2. The molecule has 0 saturated carbocycles. The van der Waals surface area contributed by atoms with Crippen molar-refractivity contribution in [2.24, 2.45) is 0 Å². The molecule has 1 heterocycles. The summed E-state index contributed by atoms with van der Waals surface area (Å²) in [4.78, 5) is 16.4. The average Bonchev–Trinajstić information content (AvgIpc) is 3.29. The molecule has 6 rings (SSSR count). The number of Topliss-reactive ketones (excluding diaryl/α,β-unsaturated/α-hetero) is 1. The molecule has 3 nitrogen and oxygen atoms in total. The van der Waals surface area contributed by atoms with Gasteiger partial charge in [-0.2, -0.15) is 132 Å². The summed E-state index contributed by atoms with van der Waals surface area (Å²) in [5, 5.41) is 0. The summed E-state index contributed by atoms with van der Waals surface area (Å²) in [6.07, 6.45) is -46.0. The lowest BCUT2D eigenvalue weighted by Gasteiger charge is -2.46. The number of hydrogen-bond donors (Lipinski definition) is 0. The highest BCUT2D eigenvalue weighted by Crippen LogP contribution is 2.41. The number of ketones is 1. The summed E-state index contributed by atoms with van der Waals surface area (Å²) in [5.41, 5.74) is -28.4. The van der Waals surface area contributed by atoms with Crippen molar-refractivity contribution in [2.45, 2.75) is 82.1 Å². The van der Waals surface area contributed by atoms with E-state index < -0.39 is 195 Å². The van der Waals surface area contributed by atoms with Crippen molar-refractivity contribution in [3.05, 3.63) is 177 Å². The highest BCUT2D eigenvalue weighted by atomic mass is 19.4. The third kappa shape index (κ3) is 14.4. The van der Waals surface area contributed by atoms with Crippen LogP contribution in [0.15, 0.2) is 122 Å². The first-order valence-electron chi connectivity index (χ1n) is 21.3. The van der Waals surface area contributed by atoms with E-state index in [4.69, 9.17) is 0 Å². The van der Waals surface area contributed by atoms with Gasteiger partial charge in [0.05, 0.1) is 50.7 Å². The van der Waals surface area contributed by atoms with E-state index in [-0.39, 0.29) is 5.78 Å². The van der Waals surface area contributed by atoms with E-state index in [1.807, 2.05) is 47.3 Å². The molecular weight excluding hydrogens is 1090 g/mol. The van der Waals surface area contributed by atoms with Crippen LogP contribution >= 0.6 is 0 Å².